The Labute approximate surface area is 237 Å². The van der Waals surface area contributed by atoms with E-state index >= 15 is 0 Å². The second-order valence-electron chi connectivity index (χ2n) is 11.8. The summed E-state index contributed by atoms with van der Waals surface area (Å²) in [6.07, 6.45) is 1.16. The minimum absolute atomic E-state index is 0.0880. The fourth-order valence-corrected chi connectivity index (χ4v) is 4.63. The van der Waals surface area contributed by atoms with Crippen LogP contribution >= 0.6 is 17.0 Å². The Morgan fingerprint density at radius 1 is 0.778 bits per heavy atom. The first-order valence-electron chi connectivity index (χ1n) is 12.8. The van der Waals surface area contributed by atoms with Gasteiger partial charge in [0.2, 0.25) is 0 Å². The number of rotatable bonds is 4. The summed E-state index contributed by atoms with van der Waals surface area (Å²) in [6.45, 7) is 18.5. The van der Waals surface area contributed by atoms with Crippen molar-refractivity contribution in [3.8, 4) is 22.3 Å². The quantitative estimate of drug-likeness (QED) is 0.205. The van der Waals surface area contributed by atoms with E-state index in [1.165, 1.54) is 49.7 Å². The molecule has 0 aliphatic rings. The number of hydrogen-bond donors (Lipinski definition) is 0. The van der Waals surface area contributed by atoms with Gasteiger partial charge in [-0.2, -0.15) is 6.07 Å². The second-order valence-corrected chi connectivity index (χ2v) is 15.6. The first-order chi connectivity index (χ1) is 16.9. The van der Waals surface area contributed by atoms with Crippen LogP contribution in [0.25, 0.3) is 33.0 Å². The number of fused-ring (bicyclic) bond motifs is 1. The molecule has 0 N–H and O–H groups in total. The molecular weight excluding hydrogens is 558 g/mol. The van der Waals surface area contributed by atoms with E-state index in [1.807, 2.05) is 0 Å². The van der Waals surface area contributed by atoms with Gasteiger partial charge in [0.15, 0.2) is 0 Å². The average molecular weight is 598 g/mol. The Kier molecular flexibility index (Phi) is 9.82. The van der Waals surface area contributed by atoms with Crippen LogP contribution in [0.3, 0.4) is 0 Å². The molecule has 0 saturated heterocycles. The van der Waals surface area contributed by atoms with Crippen LogP contribution in [0.4, 0.5) is 0 Å². The van der Waals surface area contributed by atoms with Crippen LogP contribution in [0, 0.1) is 0 Å². The number of halogens is 2. The molecule has 1 unspecified atom stereocenters. The molecule has 190 valence electrons. The first-order valence-corrected chi connectivity index (χ1v) is 19.1. The summed E-state index contributed by atoms with van der Waals surface area (Å²) in [5.41, 5.74) is 9.71. The zero-order chi connectivity index (χ0) is 26.7. The van der Waals surface area contributed by atoms with Crippen LogP contribution in [0.5, 0.6) is 0 Å². The van der Waals surface area contributed by atoms with E-state index < -0.39 is 20.8 Å². The van der Waals surface area contributed by atoms with E-state index in [2.05, 4.69) is 128 Å². The molecular formula is C33H39Cl2Zr-. The van der Waals surface area contributed by atoms with Crippen LogP contribution in [0.1, 0.15) is 84.4 Å². The third-order valence-electron chi connectivity index (χ3n) is 7.13. The van der Waals surface area contributed by atoms with Gasteiger partial charge in [-0.05, 0) is 44.6 Å². The zero-order valence-electron chi connectivity index (χ0n) is 23.0. The molecule has 3 heteroatoms. The molecule has 1 atom stereocenters. The molecule has 0 aliphatic heterocycles. The van der Waals surface area contributed by atoms with Crippen LogP contribution in [-0.4, -0.2) is 0 Å². The van der Waals surface area contributed by atoms with Crippen LogP contribution < -0.4 is 0 Å². The third kappa shape index (κ3) is 6.78. The summed E-state index contributed by atoms with van der Waals surface area (Å²) < 4.78 is 0. The van der Waals surface area contributed by atoms with Crippen molar-refractivity contribution in [2.75, 3.05) is 0 Å². The zero-order valence-corrected chi connectivity index (χ0v) is 26.9. The van der Waals surface area contributed by atoms with E-state index in [-0.39, 0.29) is 10.8 Å². The van der Waals surface area contributed by atoms with E-state index in [1.54, 1.807) is 0 Å². The SMILES string of the molecule is CCC(C)c1cc2c(-c3cc(C(C)(C)C)cc(C(C)(C)C)c3)c(-c3ccccc3)ccc2[cH-]1.[Cl][Zr][Cl]. The molecule has 0 nitrogen and oxygen atoms in total. The molecule has 4 aromatic carbocycles. The summed E-state index contributed by atoms with van der Waals surface area (Å²) in [5.74, 6) is 0.566. The molecule has 0 aliphatic carbocycles. The molecule has 0 bridgehead atoms. The third-order valence-corrected chi connectivity index (χ3v) is 7.13. The molecule has 0 fully saturated rings. The van der Waals surface area contributed by atoms with E-state index in [0.29, 0.717) is 5.92 Å². The molecule has 0 amide bonds. The Morgan fingerprint density at radius 3 is 1.83 bits per heavy atom. The molecule has 0 spiro atoms. The first kappa shape index (κ1) is 29.3. The molecule has 4 rings (SSSR count). The van der Waals surface area contributed by atoms with Crippen molar-refractivity contribution in [2.45, 2.75) is 78.6 Å². The predicted molar refractivity (Wildman–Crippen MR) is 158 cm³/mol. The van der Waals surface area contributed by atoms with Crippen molar-refractivity contribution in [1.82, 2.24) is 0 Å². The van der Waals surface area contributed by atoms with Gasteiger partial charge < -0.3 is 0 Å². The fourth-order valence-electron chi connectivity index (χ4n) is 4.63. The molecule has 0 aromatic heterocycles. The average Bonchev–Trinajstić information content (AvgIpc) is 3.27. The van der Waals surface area contributed by atoms with Crippen LogP contribution in [0.2, 0.25) is 0 Å². The molecule has 0 saturated carbocycles. The van der Waals surface area contributed by atoms with Crippen molar-refractivity contribution in [1.29, 1.82) is 0 Å². The van der Waals surface area contributed by atoms with Crippen LogP contribution in [0.15, 0.2) is 72.8 Å². The number of benzene rings is 3. The van der Waals surface area contributed by atoms with E-state index in [0.717, 1.165) is 6.42 Å². The van der Waals surface area contributed by atoms with Gasteiger partial charge in [-0.3, -0.25) is 0 Å². The monoisotopic (exact) mass is 595 g/mol. The maximum absolute atomic E-state index is 4.93. The van der Waals surface area contributed by atoms with Crippen molar-refractivity contribution >= 4 is 27.8 Å². The Morgan fingerprint density at radius 2 is 1.33 bits per heavy atom. The Hall–Kier alpha value is -1.27. The van der Waals surface area contributed by atoms with Crippen molar-refractivity contribution < 1.29 is 20.8 Å². The van der Waals surface area contributed by atoms with Gasteiger partial charge in [-0.15, -0.1) is 28.5 Å². The van der Waals surface area contributed by atoms with Gasteiger partial charge in [-0.25, -0.2) is 0 Å². The van der Waals surface area contributed by atoms with E-state index in [9.17, 15) is 0 Å². The minimum atomic E-state index is -0.826. The van der Waals surface area contributed by atoms with Gasteiger partial charge >= 0.3 is 37.9 Å². The van der Waals surface area contributed by atoms with Crippen LogP contribution in [-0.2, 0) is 31.7 Å². The molecule has 4 aromatic rings. The Bertz CT molecular complexity index is 1260. The van der Waals surface area contributed by atoms with Crippen molar-refractivity contribution in [2.24, 2.45) is 0 Å². The summed E-state index contributed by atoms with van der Waals surface area (Å²) >= 11 is -0.826. The molecule has 0 heterocycles. The van der Waals surface area contributed by atoms with Gasteiger partial charge in [0, 0.05) is 0 Å². The number of hydrogen-bond acceptors (Lipinski definition) is 0. The standard InChI is InChI=1S/C33H39.2ClH.Zr/c1-9-22(2)25-17-24-15-16-29(23-13-11-10-12-14-23)31(30(24)20-25)26-18-27(32(3,4)5)21-28(19-26)33(6,7)8;;;/h10-22H,9H2,1-8H3;2*1H;/q-1;;;+2/p-2. The molecule has 0 radical (unpaired) electrons. The van der Waals surface area contributed by atoms with Gasteiger partial charge in [0.05, 0.1) is 0 Å². The fraction of sp³-hybridized carbons (Fsp3) is 0.364. The second kappa shape index (κ2) is 12.1. The topological polar surface area (TPSA) is 0 Å². The predicted octanol–water partition coefficient (Wildman–Crippen LogP) is 11.4. The summed E-state index contributed by atoms with van der Waals surface area (Å²) in [4.78, 5) is 0. The van der Waals surface area contributed by atoms with Gasteiger partial charge in [0.25, 0.3) is 0 Å². The van der Waals surface area contributed by atoms with Gasteiger partial charge in [0.1, 0.15) is 0 Å². The summed E-state index contributed by atoms with van der Waals surface area (Å²) in [6, 6.07) is 27.6. The normalized spacial score (nSPS) is 12.7. The van der Waals surface area contributed by atoms with Crippen molar-refractivity contribution in [3.05, 3.63) is 89.5 Å². The molecule has 36 heavy (non-hydrogen) atoms. The Balaban J connectivity index is 0.00000115. The summed E-state index contributed by atoms with van der Waals surface area (Å²) in [7, 11) is 9.87. The maximum atomic E-state index is 4.93. The summed E-state index contributed by atoms with van der Waals surface area (Å²) in [5, 5.41) is 2.72. The van der Waals surface area contributed by atoms with Gasteiger partial charge in [-0.1, -0.05) is 122 Å². The van der Waals surface area contributed by atoms with E-state index in [4.69, 9.17) is 17.0 Å². The van der Waals surface area contributed by atoms with Crippen molar-refractivity contribution in [3.63, 3.8) is 0 Å².